The highest BCUT2D eigenvalue weighted by atomic mass is 16.5. The number of esters is 1. The third-order valence-corrected chi connectivity index (χ3v) is 3.90. The molecule has 0 amide bonds. The van der Waals surface area contributed by atoms with Gasteiger partial charge < -0.3 is 4.74 Å². The number of unbranched alkanes of at least 4 members (excludes halogenated alkanes) is 5. The number of hydrogen-bond donors (Lipinski definition) is 0. The molecule has 0 saturated carbocycles. The summed E-state index contributed by atoms with van der Waals surface area (Å²) in [7, 11) is 0. The van der Waals surface area contributed by atoms with Gasteiger partial charge in [0.05, 0.1) is 0 Å². The first kappa shape index (κ1) is 18.1. The molecule has 2 aromatic rings. The minimum absolute atomic E-state index is 0.321. The van der Waals surface area contributed by atoms with Gasteiger partial charge in [-0.25, -0.2) is 9.97 Å². The van der Waals surface area contributed by atoms with E-state index in [9.17, 15) is 4.79 Å². The molecular weight excluding hydrogens is 300 g/mol. The Morgan fingerprint density at radius 1 is 0.958 bits per heavy atom. The average Bonchev–Trinajstić information content (AvgIpc) is 2.59. The maximum Gasteiger partial charge on any atom is 0.308 e. The van der Waals surface area contributed by atoms with Gasteiger partial charge in [-0.3, -0.25) is 4.79 Å². The number of carbonyl (C=O) groups is 1. The van der Waals surface area contributed by atoms with E-state index in [1.54, 1.807) is 12.1 Å². The molecule has 0 unspecified atom stereocenters. The summed E-state index contributed by atoms with van der Waals surface area (Å²) in [5.74, 6) is 0.903. The Hall–Kier alpha value is -2.23. The molecule has 4 heteroatoms. The van der Waals surface area contributed by atoms with Crippen LogP contribution in [0.2, 0.25) is 0 Å². The topological polar surface area (TPSA) is 52.1 Å². The van der Waals surface area contributed by atoms with Gasteiger partial charge >= 0.3 is 5.97 Å². The van der Waals surface area contributed by atoms with Gasteiger partial charge in [-0.2, -0.15) is 0 Å². The predicted octanol–water partition coefficient (Wildman–Crippen LogP) is 4.97. The average molecular weight is 326 g/mol. The van der Waals surface area contributed by atoms with E-state index in [1.807, 2.05) is 24.5 Å². The molecule has 1 aromatic carbocycles. The van der Waals surface area contributed by atoms with E-state index < -0.39 is 0 Å². The lowest BCUT2D eigenvalue weighted by Gasteiger charge is -2.05. The lowest BCUT2D eigenvalue weighted by Crippen LogP contribution is -2.01. The van der Waals surface area contributed by atoms with Crippen molar-refractivity contribution < 1.29 is 9.53 Å². The van der Waals surface area contributed by atoms with Gasteiger partial charge in [-0.05, 0) is 42.7 Å². The van der Waals surface area contributed by atoms with Gasteiger partial charge in [0.25, 0.3) is 0 Å². The summed E-state index contributed by atoms with van der Waals surface area (Å²) in [6.07, 6.45) is 12.6. The molecular formula is C20H26N2O2. The van der Waals surface area contributed by atoms with Crippen LogP contribution in [0.4, 0.5) is 0 Å². The van der Waals surface area contributed by atoms with Crippen LogP contribution in [-0.2, 0) is 11.2 Å². The zero-order chi connectivity index (χ0) is 17.2. The fraction of sp³-hybridized carbons (Fsp3) is 0.450. The summed E-state index contributed by atoms with van der Waals surface area (Å²) in [5, 5.41) is 0. The Kier molecular flexibility index (Phi) is 7.40. The fourth-order valence-electron chi connectivity index (χ4n) is 2.58. The van der Waals surface area contributed by atoms with E-state index in [-0.39, 0.29) is 5.97 Å². The molecule has 0 atom stereocenters. The summed E-state index contributed by atoms with van der Waals surface area (Å²) >= 11 is 0. The number of ether oxygens (including phenoxy) is 1. The van der Waals surface area contributed by atoms with Crippen LogP contribution in [0.1, 0.15) is 57.9 Å². The predicted molar refractivity (Wildman–Crippen MR) is 95.9 cm³/mol. The SMILES string of the molecule is CCCCCCCCc1cnc(-c2ccc(OC(C)=O)cc2)nc1. The Labute approximate surface area is 144 Å². The van der Waals surface area contributed by atoms with Gasteiger partial charge in [0.2, 0.25) is 0 Å². The third-order valence-electron chi connectivity index (χ3n) is 3.90. The minimum atomic E-state index is -0.321. The number of hydrogen-bond acceptors (Lipinski definition) is 4. The van der Waals surface area contributed by atoms with Crippen molar-refractivity contribution in [1.29, 1.82) is 0 Å². The highest BCUT2D eigenvalue weighted by Crippen LogP contribution is 2.19. The Bertz CT molecular complexity index is 621. The lowest BCUT2D eigenvalue weighted by atomic mass is 10.1. The van der Waals surface area contributed by atoms with Gasteiger partial charge in [0, 0.05) is 24.9 Å². The normalized spacial score (nSPS) is 10.6. The van der Waals surface area contributed by atoms with E-state index in [1.165, 1.54) is 51.0 Å². The molecule has 0 aliphatic rings. The van der Waals surface area contributed by atoms with Crippen molar-refractivity contribution in [2.45, 2.75) is 58.8 Å². The van der Waals surface area contributed by atoms with Crippen molar-refractivity contribution in [2.24, 2.45) is 0 Å². The van der Waals surface area contributed by atoms with E-state index in [2.05, 4.69) is 16.9 Å². The number of aromatic nitrogens is 2. The Morgan fingerprint density at radius 2 is 1.58 bits per heavy atom. The number of nitrogens with zero attached hydrogens (tertiary/aromatic N) is 2. The van der Waals surface area contributed by atoms with Crippen molar-refractivity contribution in [3.63, 3.8) is 0 Å². The second-order valence-electron chi connectivity index (χ2n) is 6.05. The van der Waals surface area contributed by atoms with Gasteiger partial charge in [0.1, 0.15) is 5.75 Å². The molecule has 2 rings (SSSR count). The molecule has 1 aromatic heterocycles. The number of benzene rings is 1. The molecule has 0 aliphatic carbocycles. The summed E-state index contributed by atoms with van der Waals surface area (Å²) in [6.45, 7) is 3.63. The van der Waals surface area contributed by atoms with Crippen LogP contribution in [0.5, 0.6) is 5.75 Å². The van der Waals surface area contributed by atoms with Crippen molar-refractivity contribution in [2.75, 3.05) is 0 Å². The third kappa shape index (κ3) is 6.11. The minimum Gasteiger partial charge on any atom is -0.427 e. The molecule has 0 saturated heterocycles. The molecule has 0 fully saturated rings. The van der Waals surface area contributed by atoms with Gasteiger partial charge in [-0.1, -0.05) is 39.0 Å². The monoisotopic (exact) mass is 326 g/mol. The number of rotatable bonds is 9. The van der Waals surface area contributed by atoms with E-state index >= 15 is 0 Å². The second-order valence-corrected chi connectivity index (χ2v) is 6.05. The summed E-state index contributed by atoms with van der Waals surface area (Å²) < 4.78 is 5.02. The highest BCUT2D eigenvalue weighted by Gasteiger charge is 2.04. The first-order valence-electron chi connectivity index (χ1n) is 8.79. The van der Waals surface area contributed by atoms with Crippen LogP contribution in [0.15, 0.2) is 36.7 Å². The number of aryl methyl sites for hydroxylation is 1. The first-order valence-corrected chi connectivity index (χ1v) is 8.79. The fourth-order valence-corrected chi connectivity index (χ4v) is 2.58. The van der Waals surface area contributed by atoms with E-state index in [0.29, 0.717) is 11.6 Å². The van der Waals surface area contributed by atoms with Gasteiger partial charge in [0.15, 0.2) is 5.82 Å². The molecule has 4 nitrogen and oxygen atoms in total. The Balaban J connectivity index is 1.84. The summed E-state index contributed by atoms with van der Waals surface area (Å²) in [4.78, 5) is 19.8. The molecule has 0 radical (unpaired) electrons. The van der Waals surface area contributed by atoms with Crippen molar-refractivity contribution >= 4 is 5.97 Å². The van der Waals surface area contributed by atoms with Crippen LogP contribution in [0.3, 0.4) is 0 Å². The maximum absolute atomic E-state index is 10.9. The van der Waals surface area contributed by atoms with Crippen molar-refractivity contribution in [3.05, 3.63) is 42.2 Å². The van der Waals surface area contributed by atoms with Crippen molar-refractivity contribution in [1.82, 2.24) is 9.97 Å². The molecule has 24 heavy (non-hydrogen) atoms. The molecule has 0 aliphatic heterocycles. The van der Waals surface area contributed by atoms with E-state index in [4.69, 9.17) is 4.74 Å². The standard InChI is InChI=1S/C20H26N2O2/c1-3-4-5-6-7-8-9-17-14-21-20(22-15-17)18-10-12-19(13-11-18)24-16(2)23/h10-15H,3-9H2,1-2H3. The second kappa shape index (κ2) is 9.81. The molecule has 0 N–H and O–H groups in total. The van der Waals surface area contributed by atoms with Gasteiger partial charge in [-0.15, -0.1) is 0 Å². The summed E-state index contributed by atoms with van der Waals surface area (Å²) in [6, 6.07) is 7.23. The Morgan fingerprint density at radius 3 is 2.21 bits per heavy atom. The maximum atomic E-state index is 10.9. The lowest BCUT2D eigenvalue weighted by molar-refractivity contribution is -0.131. The molecule has 128 valence electrons. The first-order chi connectivity index (χ1) is 11.7. The zero-order valence-corrected chi connectivity index (χ0v) is 14.6. The molecule has 1 heterocycles. The van der Waals surface area contributed by atoms with Crippen LogP contribution in [0.25, 0.3) is 11.4 Å². The van der Waals surface area contributed by atoms with Crippen LogP contribution >= 0.6 is 0 Å². The summed E-state index contributed by atoms with van der Waals surface area (Å²) in [5.41, 5.74) is 2.10. The quantitative estimate of drug-likeness (QED) is 0.371. The van der Waals surface area contributed by atoms with Crippen LogP contribution in [-0.4, -0.2) is 15.9 Å². The highest BCUT2D eigenvalue weighted by molar-refractivity contribution is 5.69. The van der Waals surface area contributed by atoms with Crippen LogP contribution in [0, 0.1) is 0 Å². The molecule has 0 spiro atoms. The smallest absolute Gasteiger partial charge is 0.308 e. The largest absolute Gasteiger partial charge is 0.427 e. The van der Waals surface area contributed by atoms with E-state index in [0.717, 1.165) is 12.0 Å². The zero-order valence-electron chi connectivity index (χ0n) is 14.6. The number of carbonyl (C=O) groups excluding carboxylic acids is 1. The van der Waals surface area contributed by atoms with Crippen molar-refractivity contribution in [3.8, 4) is 17.1 Å². The van der Waals surface area contributed by atoms with Crippen LogP contribution < -0.4 is 4.74 Å². The molecule has 0 bridgehead atoms.